The lowest BCUT2D eigenvalue weighted by atomic mass is 9.96. The molecule has 0 saturated carbocycles. The molecular weight excluding hydrogens is 212 g/mol. The second kappa shape index (κ2) is 4.50. The third-order valence-electron chi connectivity index (χ3n) is 3.00. The Morgan fingerprint density at radius 2 is 1.35 bits per heavy atom. The number of hydrogen-bond acceptors (Lipinski definition) is 2. The fourth-order valence-electron chi connectivity index (χ4n) is 2.07. The summed E-state index contributed by atoms with van der Waals surface area (Å²) >= 11 is 0. The molecule has 0 spiro atoms. The summed E-state index contributed by atoms with van der Waals surface area (Å²) in [5.74, 6) is 0.599. The van der Waals surface area contributed by atoms with Gasteiger partial charge in [0.1, 0.15) is 11.5 Å². The van der Waals surface area contributed by atoms with E-state index in [4.69, 9.17) is 0 Å². The zero-order valence-corrected chi connectivity index (χ0v) is 10.1. The van der Waals surface area contributed by atoms with Crippen LogP contribution < -0.4 is 0 Å². The summed E-state index contributed by atoms with van der Waals surface area (Å²) in [6.07, 6.45) is 0.818. The lowest BCUT2D eigenvalue weighted by Gasteiger charge is -2.10. The summed E-state index contributed by atoms with van der Waals surface area (Å²) < 4.78 is 0. The van der Waals surface area contributed by atoms with Crippen molar-refractivity contribution in [2.45, 2.75) is 20.3 Å². The van der Waals surface area contributed by atoms with Crippen LogP contribution in [0.2, 0.25) is 0 Å². The molecule has 2 rings (SSSR count). The Morgan fingerprint density at radius 1 is 0.824 bits per heavy atom. The third kappa shape index (κ3) is 2.59. The quantitative estimate of drug-likeness (QED) is 0.828. The average molecular weight is 228 g/mol. The minimum absolute atomic E-state index is 0.285. The van der Waals surface area contributed by atoms with Gasteiger partial charge >= 0.3 is 0 Å². The minimum Gasteiger partial charge on any atom is -0.508 e. The summed E-state index contributed by atoms with van der Waals surface area (Å²) in [6, 6.07) is 10.8. The molecule has 0 fully saturated rings. The summed E-state index contributed by atoms with van der Waals surface area (Å²) in [5, 5.41) is 18.7. The summed E-state index contributed by atoms with van der Waals surface area (Å²) in [6.45, 7) is 4.00. The van der Waals surface area contributed by atoms with E-state index in [1.807, 2.05) is 26.0 Å². The van der Waals surface area contributed by atoms with Gasteiger partial charge in [0.15, 0.2) is 0 Å². The number of rotatable bonds is 2. The molecule has 2 aromatic rings. The minimum atomic E-state index is 0.285. The Morgan fingerprint density at radius 3 is 1.88 bits per heavy atom. The van der Waals surface area contributed by atoms with Gasteiger partial charge in [-0.3, -0.25) is 0 Å². The van der Waals surface area contributed by atoms with E-state index in [1.165, 1.54) is 5.56 Å². The Labute approximate surface area is 101 Å². The van der Waals surface area contributed by atoms with Gasteiger partial charge in [0, 0.05) is 0 Å². The smallest absolute Gasteiger partial charge is 0.116 e. The summed E-state index contributed by atoms with van der Waals surface area (Å²) in [7, 11) is 0. The van der Waals surface area contributed by atoms with Crippen molar-refractivity contribution in [3.05, 3.63) is 58.7 Å². The van der Waals surface area contributed by atoms with E-state index in [0.29, 0.717) is 5.75 Å². The van der Waals surface area contributed by atoms with E-state index in [1.54, 1.807) is 24.3 Å². The van der Waals surface area contributed by atoms with Gasteiger partial charge in [-0.1, -0.05) is 12.1 Å². The molecule has 0 aliphatic carbocycles. The first kappa shape index (κ1) is 11.5. The van der Waals surface area contributed by atoms with Crippen LogP contribution in [0.15, 0.2) is 36.4 Å². The maximum atomic E-state index is 9.49. The molecule has 0 atom stereocenters. The first-order valence-electron chi connectivity index (χ1n) is 5.63. The van der Waals surface area contributed by atoms with Gasteiger partial charge in [-0.05, 0) is 66.8 Å². The molecule has 0 unspecified atom stereocenters. The average Bonchev–Trinajstić information content (AvgIpc) is 2.26. The molecule has 0 bridgehead atoms. The molecule has 0 saturated heterocycles. The standard InChI is InChI=1S/C15H16O2/c1-10-7-14(17)8-11(2)15(10)9-12-3-5-13(16)6-4-12/h3-8,16-17H,9H2,1-2H3. The van der Waals surface area contributed by atoms with Crippen molar-refractivity contribution in [3.8, 4) is 11.5 Å². The Kier molecular flexibility index (Phi) is 3.05. The van der Waals surface area contributed by atoms with E-state index in [0.717, 1.165) is 23.1 Å². The Balaban J connectivity index is 2.33. The molecule has 0 amide bonds. The van der Waals surface area contributed by atoms with Gasteiger partial charge in [0.2, 0.25) is 0 Å². The predicted octanol–water partition coefficient (Wildman–Crippen LogP) is 3.31. The van der Waals surface area contributed by atoms with E-state index in [9.17, 15) is 10.2 Å². The topological polar surface area (TPSA) is 40.5 Å². The highest BCUT2D eigenvalue weighted by Crippen LogP contribution is 2.23. The maximum Gasteiger partial charge on any atom is 0.116 e. The van der Waals surface area contributed by atoms with E-state index in [-0.39, 0.29) is 5.75 Å². The first-order valence-corrected chi connectivity index (χ1v) is 5.63. The van der Waals surface area contributed by atoms with E-state index < -0.39 is 0 Å². The molecule has 0 aliphatic rings. The molecule has 0 aliphatic heterocycles. The van der Waals surface area contributed by atoms with Crippen LogP contribution in [0.3, 0.4) is 0 Å². The van der Waals surface area contributed by atoms with Crippen LogP contribution in [0.5, 0.6) is 11.5 Å². The molecule has 2 heteroatoms. The van der Waals surface area contributed by atoms with Crippen LogP contribution in [0, 0.1) is 13.8 Å². The van der Waals surface area contributed by atoms with Crippen molar-refractivity contribution < 1.29 is 10.2 Å². The van der Waals surface area contributed by atoms with Gasteiger partial charge in [-0.25, -0.2) is 0 Å². The van der Waals surface area contributed by atoms with Crippen LogP contribution >= 0.6 is 0 Å². The van der Waals surface area contributed by atoms with Crippen LogP contribution in [-0.4, -0.2) is 10.2 Å². The second-order valence-corrected chi connectivity index (χ2v) is 4.40. The van der Waals surface area contributed by atoms with E-state index in [2.05, 4.69) is 0 Å². The zero-order valence-electron chi connectivity index (χ0n) is 10.1. The number of aromatic hydroxyl groups is 2. The van der Waals surface area contributed by atoms with Gasteiger partial charge in [0.25, 0.3) is 0 Å². The molecule has 2 nitrogen and oxygen atoms in total. The van der Waals surface area contributed by atoms with Crippen LogP contribution in [0.1, 0.15) is 22.3 Å². The normalized spacial score (nSPS) is 10.5. The van der Waals surface area contributed by atoms with Crippen molar-refractivity contribution in [1.82, 2.24) is 0 Å². The molecular formula is C15H16O2. The van der Waals surface area contributed by atoms with E-state index >= 15 is 0 Å². The molecule has 0 heterocycles. The number of phenolic OH excluding ortho intramolecular Hbond substituents is 2. The van der Waals surface area contributed by atoms with Crippen LogP contribution in [0.25, 0.3) is 0 Å². The largest absolute Gasteiger partial charge is 0.508 e. The highest BCUT2D eigenvalue weighted by molar-refractivity contribution is 5.43. The molecule has 2 N–H and O–H groups in total. The molecule has 0 radical (unpaired) electrons. The van der Waals surface area contributed by atoms with Gasteiger partial charge < -0.3 is 10.2 Å². The number of aryl methyl sites for hydroxylation is 2. The van der Waals surface area contributed by atoms with Crippen molar-refractivity contribution in [2.24, 2.45) is 0 Å². The highest BCUT2D eigenvalue weighted by atomic mass is 16.3. The van der Waals surface area contributed by atoms with Crippen molar-refractivity contribution in [2.75, 3.05) is 0 Å². The number of benzene rings is 2. The summed E-state index contributed by atoms with van der Waals surface area (Å²) in [5.41, 5.74) is 4.57. The predicted molar refractivity (Wildman–Crippen MR) is 68.5 cm³/mol. The SMILES string of the molecule is Cc1cc(O)cc(C)c1Cc1ccc(O)cc1. The van der Waals surface area contributed by atoms with Gasteiger partial charge in [-0.2, -0.15) is 0 Å². The van der Waals surface area contributed by atoms with Crippen LogP contribution in [0.4, 0.5) is 0 Å². The van der Waals surface area contributed by atoms with Crippen LogP contribution in [-0.2, 0) is 6.42 Å². The van der Waals surface area contributed by atoms with Crippen molar-refractivity contribution in [1.29, 1.82) is 0 Å². The van der Waals surface area contributed by atoms with Crippen molar-refractivity contribution >= 4 is 0 Å². The van der Waals surface area contributed by atoms with Crippen molar-refractivity contribution in [3.63, 3.8) is 0 Å². The zero-order chi connectivity index (χ0) is 12.4. The lowest BCUT2D eigenvalue weighted by Crippen LogP contribution is -1.95. The fraction of sp³-hybridized carbons (Fsp3) is 0.200. The van der Waals surface area contributed by atoms with Gasteiger partial charge in [-0.15, -0.1) is 0 Å². The Hall–Kier alpha value is -1.96. The monoisotopic (exact) mass is 228 g/mol. The number of phenols is 2. The molecule has 0 aromatic heterocycles. The number of hydrogen-bond donors (Lipinski definition) is 2. The lowest BCUT2D eigenvalue weighted by molar-refractivity contribution is 0.474. The maximum absolute atomic E-state index is 9.49. The molecule has 17 heavy (non-hydrogen) atoms. The highest BCUT2D eigenvalue weighted by Gasteiger charge is 2.05. The Bertz CT molecular complexity index is 504. The second-order valence-electron chi connectivity index (χ2n) is 4.40. The van der Waals surface area contributed by atoms with Gasteiger partial charge in [0.05, 0.1) is 0 Å². The summed E-state index contributed by atoms with van der Waals surface area (Å²) in [4.78, 5) is 0. The first-order chi connectivity index (χ1) is 8.06. The third-order valence-corrected chi connectivity index (χ3v) is 3.00. The fourth-order valence-corrected chi connectivity index (χ4v) is 2.07. The molecule has 88 valence electrons. The molecule has 2 aromatic carbocycles.